The molecule has 2 atom stereocenters. The van der Waals surface area contributed by atoms with Crippen LogP contribution in [-0.4, -0.2) is 65.2 Å². The molecule has 0 heterocycles. The van der Waals surface area contributed by atoms with E-state index in [-0.39, 0.29) is 6.54 Å². The number of ether oxygens (including phenoxy) is 2. The van der Waals surface area contributed by atoms with Gasteiger partial charge in [0.15, 0.2) is 0 Å². The fraction of sp³-hybridized carbons (Fsp3) is 0.833. The number of methoxy groups -OCH3 is 1. The molecule has 0 radical (unpaired) electrons. The Morgan fingerprint density at radius 2 is 1.84 bits per heavy atom. The number of aliphatic hydroxyl groups is 2. The number of hydrogen-bond donors (Lipinski definition) is 2. The Morgan fingerprint density at radius 1 is 1.32 bits per heavy atom. The molecule has 0 aliphatic heterocycles. The molecule has 2 N–H and O–H groups in total. The molecule has 0 spiro atoms. The molecule has 0 bridgehead atoms. The van der Waals surface area contributed by atoms with Crippen LogP contribution in [0.25, 0.3) is 0 Å². The summed E-state index contributed by atoms with van der Waals surface area (Å²) in [6.07, 6.45) is -1.91. The summed E-state index contributed by atoms with van der Waals surface area (Å²) in [6.45, 7) is 5.78. The third kappa shape index (κ3) is 6.40. The van der Waals surface area contributed by atoms with Crippen LogP contribution in [0.5, 0.6) is 0 Å². The van der Waals surface area contributed by atoms with Gasteiger partial charge in [-0.3, -0.25) is 4.90 Å². The Morgan fingerprint density at radius 3 is 2.21 bits per heavy atom. The van der Waals surface area contributed by atoms with Gasteiger partial charge in [-0.15, -0.1) is 0 Å². The Hall–Kier alpha value is -1.34. The molecule has 0 rings (SSSR count). The van der Waals surface area contributed by atoms with Crippen molar-refractivity contribution < 1.29 is 29.3 Å². The molecule has 0 fully saturated rings. The first-order valence-corrected chi connectivity index (χ1v) is 5.98. The molecule has 0 aromatic heterocycles. The summed E-state index contributed by atoms with van der Waals surface area (Å²) in [6, 6.07) is -0.916. The first-order chi connectivity index (χ1) is 8.62. The maximum atomic E-state index is 12.0. The summed E-state index contributed by atoms with van der Waals surface area (Å²) in [7, 11) is 1.20. The normalized spacial score (nSPS) is 14.5. The number of carbonyl (C=O) groups excluding carboxylic acids is 2. The second-order valence-corrected chi connectivity index (χ2v) is 5.17. The Labute approximate surface area is 113 Å². The van der Waals surface area contributed by atoms with Crippen molar-refractivity contribution in [1.29, 1.82) is 0 Å². The highest BCUT2D eigenvalue weighted by molar-refractivity contribution is 5.81. The zero-order valence-electron chi connectivity index (χ0n) is 12.0. The van der Waals surface area contributed by atoms with Gasteiger partial charge in [0, 0.05) is 0 Å². The van der Waals surface area contributed by atoms with Crippen LogP contribution in [0, 0.1) is 0 Å². The monoisotopic (exact) mass is 277 g/mol. The second-order valence-electron chi connectivity index (χ2n) is 5.17. The van der Waals surface area contributed by atoms with Gasteiger partial charge in [0.1, 0.15) is 11.6 Å². The number of rotatable bonds is 5. The van der Waals surface area contributed by atoms with Crippen LogP contribution < -0.4 is 0 Å². The number of nitrogens with zero attached hydrogens (tertiary/aromatic N) is 1. The van der Waals surface area contributed by atoms with E-state index in [2.05, 4.69) is 4.74 Å². The minimum atomic E-state index is -1.15. The maximum absolute atomic E-state index is 12.0. The highest BCUT2D eigenvalue weighted by atomic mass is 16.6. The van der Waals surface area contributed by atoms with E-state index in [1.165, 1.54) is 14.0 Å². The molecule has 0 aromatic carbocycles. The summed E-state index contributed by atoms with van der Waals surface area (Å²) in [5.74, 6) is -0.629. The van der Waals surface area contributed by atoms with Gasteiger partial charge in [-0.2, -0.15) is 0 Å². The number of carbonyl (C=O) groups is 2. The van der Waals surface area contributed by atoms with Crippen molar-refractivity contribution in [3.05, 3.63) is 0 Å². The van der Waals surface area contributed by atoms with E-state index in [4.69, 9.17) is 9.84 Å². The number of amides is 1. The molecule has 0 saturated heterocycles. The highest BCUT2D eigenvalue weighted by Gasteiger charge is 2.31. The van der Waals surface area contributed by atoms with E-state index in [1.807, 2.05) is 0 Å². The average Bonchev–Trinajstić information content (AvgIpc) is 2.31. The van der Waals surface area contributed by atoms with E-state index >= 15 is 0 Å². The van der Waals surface area contributed by atoms with Gasteiger partial charge >= 0.3 is 12.1 Å². The minimum Gasteiger partial charge on any atom is -0.467 e. The summed E-state index contributed by atoms with van der Waals surface area (Å²) >= 11 is 0. The van der Waals surface area contributed by atoms with Crippen molar-refractivity contribution in [2.24, 2.45) is 0 Å². The lowest BCUT2D eigenvalue weighted by molar-refractivity contribution is -0.146. The van der Waals surface area contributed by atoms with Crippen LogP contribution in [0.4, 0.5) is 4.79 Å². The summed E-state index contributed by atoms with van der Waals surface area (Å²) in [5, 5.41) is 18.3. The lowest BCUT2D eigenvalue weighted by atomic mass is 10.2. The van der Waals surface area contributed by atoms with Crippen LogP contribution in [0.2, 0.25) is 0 Å². The van der Waals surface area contributed by atoms with Crippen LogP contribution >= 0.6 is 0 Å². The zero-order valence-corrected chi connectivity index (χ0v) is 12.0. The number of aliphatic hydroxyl groups excluding tert-OH is 2. The average molecular weight is 277 g/mol. The quantitative estimate of drug-likeness (QED) is 0.694. The van der Waals surface area contributed by atoms with Crippen molar-refractivity contribution in [3.8, 4) is 0 Å². The molecule has 7 nitrogen and oxygen atoms in total. The summed E-state index contributed by atoms with van der Waals surface area (Å²) in [4.78, 5) is 24.5. The molecular formula is C12H23NO6. The zero-order chi connectivity index (χ0) is 15.2. The number of esters is 1. The molecule has 1 amide bonds. The van der Waals surface area contributed by atoms with E-state index in [0.29, 0.717) is 0 Å². The predicted molar refractivity (Wildman–Crippen MR) is 67.5 cm³/mol. The SMILES string of the molecule is COC(=O)C(C)N(C[C@@H](O)CO)C(=O)OC(C)(C)C. The van der Waals surface area contributed by atoms with Crippen molar-refractivity contribution in [2.75, 3.05) is 20.3 Å². The van der Waals surface area contributed by atoms with E-state index in [0.717, 1.165) is 4.90 Å². The molecule has 19 heavy (non-hydrogen) atoms. The van der Waals surface area contributed by atoms with E-state index < -0.39 is 36.4 Å². The molecule has 1 unspecified atom stereocenters. The van der Waals surface area contributed by atoms with Gasteiger partial charge in [-0.05, 0) is 27.7 Å². The third-order valence-corrected chi connectivity index (χ3v) is 2.26. The van der Waals surface area contributed by atoms with Crippen molar-refractivity contribution in [3.63, 3.8) is 0 Å². The highest BCUT2D eigenvalue weighted by Crippen LogP contribution is 2.13. The molecule has 0 aliphatic carbocycles. The van der Waals surface area contributed by atoms with E-state index in [9.17, 15) is 14.7 Å². The maximum Gasteiger partial charge on any atom is 0.411 e. The molecule has 7 heteroatoms. The first kappa shape index (κ1) is 17.7. The van der Waals surface area contributed by atoms with Gasteiger partial charge in [-0.1, -0.05) is 0 Å². The van der Waals surface area contributed by atoms with Crippen molar-refractivity contribution in [2.45, 2.75) is 45.4 Å². The largest absolute Gasteiger partial charge is 0.467 e. The Balaban J connectivity index is 4.94. The standard InChI is InChI=1S/C12H23NO6/c1-8(10(16)18-5)13(6-9(15)7-14)11(17)19-12(2,3)4/h8-9,14-15H,6-7H2,1-5H3/t8?,9-/m1/s1. The topological polar surface area (TPSA) is 96.3 Å². The number of hydrogen-bond acceptors (Lipinski definition) is 6. The van der Waals surface area contributed by atoms with E-state index in [1.54, 1.807) is 20.8 Å². The van der Waals surface area contributed by atoms with Crippen molar-refractivity contribution in [1.82, 2.24) is 4.90 Å². The van der Waals surface area contributed by atoms with Crippen LogP contribution in [0.3, 0.4) is 0 Å². The van der Waals surface area contributed by atoms with Gasteiger partial charge in [0.25, 0.3) is 0 Å². The fourth-order valence-corrected chi connectivity index (χ4v) is 1.29. The predicted octanol–water partition coefficient (Wildman–Crippen LogP) is 0.138. The molecular weight excluding hydrogens is 254 g/mol. The molecule has 0 saturated carbocycles. The molecule has 0 aliphatic rings. The molecule has 0 aromatic rings. The Kier molecular flexibility index (Phi) is 6.78. The smallest absolute Gasteiger partial charge is 0.411 e. The van der Waals surface area contributed by atoms with Crippen LogP contribution in [0.1, 0.15) is 27.7 Å². The minimum absolute atomic E-state index is 0.221. The third-order valence-electron chi connectivity index (χ3n) is 2.26. The summed E-state index contributed by atoms with van der Waals surface area (Å²) < 4.78 is 9.70. The van der Waals surface area contributed by atoms with Gasteiger partial charge < -0.3 is 19.7 Å². The second kappa shape index (κ2) is 7.30. The van der Waals surface area contributed by atoms with Gasteiger partial charge in [0.2, 0.25) is 0 Å². The van der Waals surface area contributed by atoms with Gasteiger partial charge in [-0.25, -0.2) is 9.59 Å². The Bertz CT molecular complexity index is 312. The van der Waals surface area contributed by atoms with Crippen LogP contribution in [0.15, 0.2) is 0 Å². The van der Waals surface area contributed by atoms with Gasteiger partial charge in [0.05, 0.1) is 26.4 Å². The van der Waals surface area contributed by atoms with Crippen LogP contribution in [-0.2, 0) is 14.3 Å². The lowest BCUT2D eigenvalue weighted by Crippen LogP contribution is -2.49. The molecule has 112 valence electrons. The fourth-order valence-electron chi connectivity index (χ4n) is 1.29. The first-order valence-electron chi connectivity index (χ1n) is 5.98. The summed E-state index contributed by atoms with van der Waals surface area (Å²) in [5.41, 5.74) is -0.727. The van der Waals surface area contributed by atoms with Crippen molar-refractivity contribution >= 4 is 12.1 Å². The lowest BCUT2D eigenvalue weighted by Gasteiger charge is -2.31.